The van der Waals surface area contributed by atoms with Gasteiger partial charge in [-0.05, 0) is 30.7 Å². The number of benzene rings is 1. The molecule has 0 bridgehead atoms. The summed E-state index contributed by atoms with van der Waals surface area (Å²) in [7, 11) is -3.63. The number of aldehydes is 1. The normalized spacial score (nSPS) is 27.2. The topological polar surface area (TPSA) is 75.0 Å². The summed E-state index contributed by atoms with van der Waals surface area (Å²) < 4.78 is 24.2. The Morgan fingerprint density at radius 3 is 2.41 bits per heavy atom. The first-order valence-electron chi connectivity index (χ1n) is 4.83. The van der Waals surface area contributed by atoms with Crippen LogP contribution in [0.2, 0.25) is 5.02 Å². The molecule has 1 aliphatic rings. The summed E-state index contributed by atoms with van der Waals surface area (Å²) in [6.07, 6.45) is 0.489. The Morgan fingerprint density at radius 2 is 2.00 bits per heavy atom. The van der Waals surface area contributed by atoms with E-state index >= 15 is 0 Å². The molecule has 0 saturated heterocycles. The molecule has 0 aliphatic heterocycles. The fourth-order valence-corrected chi connectivity index (χ4v) is 3.82. The highest BCUT2D eigenvalue weighted by Crippen LogP contribution is 2.50. The molecule has 0 radical (unpaired) electrons. The van der Waals surface area contributed by atoms with E-state index in [9.17, 15) is 13.2 Å². The molecule has 1 saturated carbocycles. The van der Waals surface area contributed by atoms with Gasteiger partial charge in [-0.25, -0.2) is 8.42 Å². The van der Waals surface area contributed by atoms with Crippen molar-refractivity contribution in [1.82, 2.24) is 0 Å². The summed E-state index contributed by atoms with van der Waals surface area (Å²) in [5, 5.41) is 8.31. The largest absolute Gasteiger partial charge is 0.302 e. The van der Waals surface area contributed by atoms with Gasteiger partial charge in [-0.1, -0.05) is 11.6 Å². The second-order valence-electron chi connectivity index (χ2n) is 3.96. The Labute approximate surface area is 104 Å². The Morgan fingerprint density at radius 1 is 1.41 bits per heavy atom. The van der Waals surface area contributed by atoms with Crippen molar-refractivity contribution >= 4 is 27.7 Å². The third kappa shape index (κ3) is 1.84. The summed E-state index contributed by atoms with van der Waals surface area (Å²) in [5.41, 5.74) is -1.36. The van der Waals surface area contributed by atoms with Crippen LogP contribution < -0.4 is 0 Å². The van der Waals surface area contributed by atoms with Crippen LogP contribution in [0.5, 0.6) is 0 Å². The van der Waals surface area contributed by atoms with Crippen molar-refractivity contribution in [3.05, 3.63) is 29.3 Å². The highest BCUT2D eigenvalue weighted by molar-refractivity contribution is 7.92. The van der Waals surface area contributed by atoms with Crippen LogP contribution in [0.15, 0.2) is 29.2 Å². The number of hydrogen-bond donors (Lipinski definition) is 0. The zero-order valence-corrected chi connectivity index (χ0v) is 10.2. The summed E-state index contributed by atoms with van der Waals surface area (Å²) in [4.78, 5) is 10.8. The third-order valence-corrected chi connectivity index (χ3v) is 5.39. The van der Waals surface area contributed by atoms with E-state index in [0.29, 0.717) is 11.3 Å². The zero-order chi connectivity index (χ0) is 12.7. The van der Waals surface area contributed by atoms with Gasteiger partial charge in [0.2, 0.25) is 0 Å². The molecule has 0 N–H and O–H groups in total. The third-order valence-electron chi connectivity index (χ3n) is 2.87. The summed E-state index contributed by atoms with van der Waals surface area (Å²) in [6, 6.07) is 7.45. The standard InChI is InChI=1S/C11H8ClNO3S/c12-8-1-3-9(4-2-8)17(15,16)10-5-11(10,6-13)7-14/h1-4,7,10H,5H2/t10-,11+/m0/s1. The van der Waals surface area contributed by atoms with Gasteiger partial charge in [0.1, 0.15) is 11.7 Å². The predicted octanol–water partition coefficient (Wildman–Crippen LogP) is 1.59. The van der Waals surface area contributed by atoms with Gasteiger partial charge in [-0.15, -0.1) is 0 Å². The van der Waals surface area contributed by atoms with E-state index in [0.717, 1.165) is 0 Å². The number of sulfone groups is 1. The first-order chi connectivity index (χ1) is 7.96. The Kier molecular flexibility index (Phi) is 2.72. The SMILES string of the molecule is N#C[C@@]1(C=O)C[C@@H]1S(=O)(=O)c1ccc(Cl)cc1. The van der Waals surface area contributed by atoms with Crippen molar-refractivity contribution in [2.45, 2.75) is 16.6 Å². The van der Waals surface area contributed by atoms with E-state index in [1.54, 1.807) is 6.07 Å². The fourth-order valence-electron chi connectivity index (χ4n) is 1.69. The van der Waals surface area contributed by atoms with E-state index in [-0.39, 0.29) is 11.3 Å². The average Bonchev–Trinajstić information content (AvgIpc) is 3.06. The zero-order valence-electron chi connectivity index (χ0n) is 8.63. The highest BCUT2D eigenvalue weighted by Gasteiger charge is 2.62. The Bertz CT molecular complexity index is 603. The molecule has 0 spiro atoms. The lowest BCUT2D eigenvalue weighted by atomic mass is 10.2. The summed E-state index contributed by atoms with van der Waals surface area (Å²) in [5.74, 6) is 0. The van der Waals surface area contributed by atoms with Gasteiger partial charge >= 0.3 is 0 Å². The maximum absolute atomic E-state index is 12.1. The smallest absolute Gasteiger partial charge is 0.183 e. The molecule has 0 aromatic heterocycles. The quantitative estimate of drug-likeness (QED) is 0.781. The van der Waals surface area contributed by atoms with Crippen LogP contribution in [0.1, 0.15) is 6.42 Å². The molecule has 88 valence electrons. The number of nitrogens with zero attached hydrogens (tertiary/aromatic N) is 1. The minimum absolute atomic E-state index is 0.0674. The Balaban J connectivity index is 2.38. The molecule has 1 fully saturated rings. The number of carbonyl (C=O) groups is 1. The molecule has 2 atom stereocenters. The maximum Gasteiger partial charge on any atom is 0.183 e. The summed E-state index contributed by atoms with van der Waals surface area (Å²) in [6.45, 7) is 0. The first-order valence-corrected chi connectivity index (χ1v) is 6.76. The lowest BCUT2D eigenvalue weighted by Gasteiger charge is -2.04. The van der Waals surface area contributed by atoms with Gasteiger partial charge < -0.3 is 4.79 Å². The number of halogens is 1. The van der Waals surface area contributed by atoms with Crippen LogP contribution >= 0.6 is 11.6 Å². The monoisotopic (exact) mass is 269 g/mol. The second-order valence-corrected chi connectivity index (χ2v) is 6.53. The maximum atomic E-state index is 12.1. The van der Waals surface area contributed by atoms with E-state index in [2.05, 4.69) is 0 Å². The number of hydrogen-bond acceptors (Lipinski definition) is 4. The van der Waals surface area contributed by atoms with Crippen LogP contribution in [-0.2, 0) is 14.6 Å². The highest BCUT2D eigenvalue weighted by atomic mass is 35.5. The van der Waals surface area contributed by atoms with E-state index < -0.39 is 20.5 Å². The molecule has 1 aromatic rings. The van der Waals surface area contributed by atoms with Crippen molar-refractivity contribution in [3.8, 4) is 6.07 Å². The number of rotatable bonds is 3. The van der Waals surface area contributed by atoms with Crippen LogP contribution in [0.4, 0.5) is 0 Å². The molecule has 4 nitrogen and oxygen atoms in total. The van der Waals surface area contributed by atoms with Crippen molar-refractivity contribution in [2.24, 2.45) is 5.41 Å². The average molecular weight is 270 g/mol. The molecule has 0 unspecified atom stereocenters. The van der Waals surface area contributed by atoms with Gasteiger partial charge in [-0.2, -0.15) is 5.26 Å². The number of carbonyl (C=O) groups excluding carboxylic acids is 1. The predicted molar refractivity (Wildman–Crippen MR) is 61.2 cm³/mol. The van der Waals surface area contributed by atoms with Crippen LogP contribution in [0.3, 0.4) is 0 Å². The van der Waals surface area contributed by atoms with E-state index in [4.69, 9.17) is 16.9 Å². The number of nitriles is 1. The fraction of sp³-hybridized carbons (Fsp3) is 0.273. The van der Waals surface area contributed by atoms with Crippen molar-refractivity contribution in [1.29, 1.82) is 5.26 Å². The molecule has 17 heavy (non-hydrogen) atoms. The van der Waals surface area contributed by atoms with Gasteiger partial charge in [0, 0.05) is 5.02 Å². The van der Waals surface area contributed by atoms with Crippen molar-refractivity contribution in [3.63, 3.8) is 0 Å². The molecule has 2 rings (SSSR count). The van der Waals surface area contributed by atoms with Gasteiger partial charge in [0.05, 0.1) is 16.2 Å². The molecule has 1 aromatic carbocycles. The van der Waals surface area contributed by atoms with Crippen molar-refractivity contribution < 1.29 is 13.2 Å². The molecule has 0 amide bonds. The van der Waals surface area contributed by atoms with Crippen molar-refractivity contribution in [2.75, 3.05) is 0 Å². The van der Waals surface area contributed by atoms with E-state index in [1.165, 1.54) is 24.3 Å². The molecule has 1 aliphatic carbocycles. The lowest BCUT2D eigenvalue weighted by Crippen LogP contribution is -2.16. The van der Waals surface area contributed by atoms with Gasteiger partial charge in [0.15, 0.2) is 9.84 Å². The Hall–Kier alpha value is -1.38. The molecular formula is C11H8ClNO3S. The van der Waals surface area contributed by atoms with Crippen LogP contribution in [-0.4, -0.2) is 20.0 Å². The van der Waals surface area contributed by atoms with Gasteiger partial charge in [-0.3, -0.25) is 0 Å². The second kappa shape index (κ2) is 3.83. The van der Waals surface area contributed by atoms with Crippen LogP contribution in [0.25, 0.3) is 0 Å². The summed E-state index contributed by atoms with van der Waals surface area (Å²) >= 11 is 5.66. The molecular weight excluding hydrogens is 262 g/mol. The molecule has 6 heteroatoms. The minimum Gasteiger partial charge on any atom is -0.302 e. The molecule has 0 heterocycles. The van der Waals surface area contributed by atoms with Gasteiger partial charge in [0.25, 0.3) is 0 Å². The lowest BCUT2D eigenvalue weighted by molar-refractivity contribution is -0.110. The van der Waals surface area contributed by atoms with E-state index in [1.807, 2.05) is 0 Å². The minimum atomic E-state index is -3.63. The van der Waals surface area contributed by atoms with Crippen LogP contribution in [0, 0.1) is 16.7 Å². The first kappa shape index (κ1) is 12.1.